The number of carbonyl (C=O) groups excluding carboxylic acids is 1. The summed E-state index contributed by atoms with van der Waals surface area (Å²) < 4.78 is 27.9. The highest BCUT2D eigenvalue weighted by Crippen LogP contribution is 2.26. The average molecular weight is 429 g/mol. The molecule has 0 aliphatic carbocycles. The molecule has 5 nitrogen and oxygen atoms in total. The minimum absolute atomic E-state index is 0.0450. The van der Waals surface area contributed by atoms with Crippen LogP contribution in [0.15, 0.2) is 53.4 Å². The van der Waals surface area contributed by atoms with Gasteiger partial charge in [-0.05, 0) is 69.2 Å². The van der Waals surface area contributed by atoms with E-state index in [-0.39, 0.29) is 24.4 Å². The van der Waals surface area contributed by atoms with E-state index >= 15 is 0 Å². The molecule has 1 amide bonds. The lowest BCUT2D eigenvalue weighted by Crippen LogP contribution is -2.47. The summed E-state index contributed by atoms with van der Waals surface area (Å²) in [7, 11) is -3.60. The summed E-state index contributed by atoms with van der Waals surface area (Å²) in [6, 6.07) is 15.7. The number of hydrogen-bond donors (Lipinski definition) is 1. The van der Waals surface area contributed by atoms with Crippen molar-refractivity contribution >= 4 is 15.9 Å². The van der Waals surface area contributed by atoms with Crippen LogP contribution in [0.25, 0.3) is 0 Å². The van der Waals surface area contributed by atoms with Gasteiger partial charge in [0.2, 0.25) is 15.9 Å². The van der Waals surface area contributed by atoms with Crippen molar-refractivity contribution in [3.63, 3.8) is 0 Å². The van der Waals surface area contributed by atoms with Gasteiger partial charge in [-0.25, -0.2) is 8.42 Å². The highest BCUT2D eigenvalue weighted by Gasteiger charge is 2.34. The first-order chi connectivity index (χ1) is 14.3. The summed E-state index contributed by atoms with van der Waals surface area (Å²) in [5.41, 5.74) is 2.90. The third kappa shape index (κ3) is 5.49. The predicted octanol–water partition coefficient (Wildman–Crippen LogP) is 3.84. The van der Waals surface area contributed by atoms with Crippen LogP contribution in [0.1, 0.15) is 42.9 Å². The van der Waals surface area contributed by atoms with Crippen molar-refractivity contribution in [2.75, 3.05) is 13.1 Å². The van der Waals surface area contributed by atoms with E-state index in [0.717, 1.165) is 30.4 Å². The summed E-state index contributed by atoms with van der Waals surface area (Å²) in [5, 5.41) is 3.09. The van der Waals surface area contributed by atoms with Gasteiger partial charge in [0.05, 0.1) is 10.8 Å². The van der Waals surface area contributed by atoms with Crippen molar-refractivity contribution in [1.82, 2.24) is 9.62 Å². The molecular weight excluding hydrogens is 396 g/mol. The molecule has 2 aromatic carbocycles. The molecule has 0 bridgehead atoms. The Bertz CT molecular complexity index is 973. The second-order valence-electron chi connectivity index (χ2n) is 8.41. The topological polar surface area (TPSA) is 66.5 Å². The third-order valence-corrected chi connectivity index (χ3v) is 7.82. The normalized spacial score (nSPS) is 18.7. The molecule has 6 heteroatoms. The van der Waals surface area contributed by atoms with Gasteiger partial charge < -0.3 is 5.32 Å². The van der Waals surface area contributed by atoms with Gasteiger partial charge in [-0.2, -0.15) is 4.31 Å². The number of rotatable bonds is 7. The maximum absolute atomic E-state index is 13.2. The smallest absolute Gasteiger partial charge is 0.243 e. The molecule has 1 N–H and O–H groups in total. The number of aryl methyl sites for hydroxylation is 3. The number of nitrogens with one attached hydrogen (secondary N) is 1. The van der Waals surface area contributed by atoms with Crippen LogP contribution in [0.2, 0.25) is 0 Å². The molecule has 0 radical (unpaired) electrons. The van der Waals surface area contributed by atoms with Crippen LogP contribution < -0.4 is 5.32 Å². The Labute approximate surface area is 180 Å². The van der Waals surface area contributed by atoms with Gasteiger partial charge in [-0.1, -0.05) is 42.5 Å². The zero-order valence-electron chi connectivity index (χ0n) is 18.1. The van der Waals surface area contributed by atoms with E-state index in [0.29, 0.717) is 17.9 Å². The number of amides is 1. The summed E-state index contributed by atoms with van der Waals surface area (Å²) in [4.78, 5) is 13.2. The Morgan fingerprint density at radius 3 is 2.63 bits per heavy atom. The molecule has 1 saturated heterocycles. The van der Waals surface area contributed by atoms with Gasteiger partial charge in [0.15, 0.2) is 0 Å². The second-order valence-corrected chi connectivity index (χ2v) is 10.3. The van der Waals surface area contributed by atoms with Crippen LogP contribution in [0.5, 0.6) is 0 Å². The number of benzene rings is 2. The number of sulfonamides is 1. The highest BCUT2D eigenvalue weighted by atomic mass is 32.2. The molecule has 1 heterocycles. The fourth-order valence-corrected chi connectivity index (χ4v) is 5.79. The summed E-state index contributed by atoms with van der Waals surface area (Å²) in [6.45, 7) is 6.42. The fraction of sp³-hybridized carbons (Fsp3) is 0.458. The zero-order valence-corrected chi connectivity index (χ0v) is 18.9. The molecule has 3 rings (SSSR count). The largest absolute Gasteiger partial charge is 0.353 e. The molecule has 0 unspecified atom stereocenters. The van der Waals surface area contributed by atoms with E-state index in [1.807, 2.05) is 51.1 Å². The van der Waals surface area contributed by atoms with Crippen molar-refractivity contribution in [3.05, 3.63) is 65.2 Å². The first-order valence-corrected chi connectivity index (χ1v) is 12.1. The lowest BCUT2D eigenvalue weighted by Gasteiger charge is -2.32. The van der Waals surface area contributed by atoms with E-state index in [2.05, 4.69) is 17.4 Å². The second kappa shape index (κ2) is 9.75. The van der Waals surface area contributed by atoms with Crippen LogP contribution in [-0.2, 0) is 21.2 Å². The molecule has 0 saturated carbocycles. The van der Waals surface area contributed by atoms with E-state index in [4.69, 9.17) is 0 Å². The van der Waals surface area contributed by atoms with Crippen molar-refractivity contribution < 1.29 is 13.2 Å². The maximum atomic E-state index is 13.2. The molecular formula is C24H32N2O3S. The molecule has 2 atom stereocenters. The van der Waals surface area contributed by atoms with Crippen LogP contribution in [0, 0.1) is 19.8 Å². The Kier molecular flexibility index (Phi) is 7.32. The lowest BCUT2D eigenvalue weighted by molar-refractivity contribution is -0.126. The Morgan fingerprint density at radius 2 is 1.90 bits per heavy atom. The highest BCUT2D eigenvalue weighted by molar-refractivity contribution is 7.89. The van der Waals surface area contributed by atoms with Crippen molar-refractivity contribution in [2.24, 2.45) is 5.92 Å². The van der Waals surface area contributed by atoms with Crippen molar-refractivity contribution in [2.45, 2.75) is 57.4 Å². The van der Waals surface area contributed by atoms with Gasteiger partial charge >= 0.3 is 0 Å². The zero-order chi connectivity index (χ0) is 21.7. The number of nitrogens with zero attached hydrogens (tertiary/aromatic N) is 1. The predicted molar refractivity (Wildman–Crippen MR) is 120 cm³/mol. The van der Waals surface area contributed by atoms with Gasteiger partial charge in [0.25, 0.3) is 0 Å². The Morgan fingerprint density at radius 1 is 1.17 bits per heavy atom. The quantitative estimate of drug-likeness (QED) is 0.729. The van der Waals surface area contributed by atoms with Crippen molar-refractivity contribution in [3.8, 4) is 0 Å². The van der Waals surface area contributed by atoms with E-state index in [9.17, 15) is 13.2 Å². The first kappa shape index (κ1) is 22.5. The lowest BCUT2D eigenvalue weighted by atomic mass is 9.98. The molecule has 2 aromatic rings. The Balaban J connectivity index is 1.61. The van der Waals surface area contributed by atoms with E-state index in [1.165, 1.54) is 9.87 Å². The van der Waals surface area contributed by atoms with Crippen LogP contribution in [0.4, 0.5) is 0 Å². The number of carbonyl (C=O) groups is 1. The molecule has 1 fully saturated rings. The van der Waals surface area contributed by atoms with Crippen molar-refractivity contribution in [1.29, 1.82) is 0 Å². The fourth-order valence-electron chi connectivity index (χ4n) is 3.96. The van der Waals surface area contributed by atoms with E-state index < -0.39 is 10.0 Å². The minimum Gasteiger partial charge on any atom is -0.353 e. The van der Waals surface area contributed by atoms with Crippen LogP contribution in [-0.4, -0.2) is 37.8 Å². The molecule has 0 spiro atoms. The van der Waals surface area contributed by atoms with Crippen LogP contribution in [0.3, 0.4) is 0 Å². The summed E-state index contributed by atoms with van der Waals surface area (Å²) >= 11 is 0. The maximum Gasteiger partial charge on any atom is 0.243 e. The molecule has 0 aromatic heterocycles. The van der Waals surface area contributed by atoms with Gasteiger partial charge in [0, 0.05) is 19.1 Å². The third-order valence-electron chi connectivity index (χ3n) is 5.81. The average Bonchev–Trinajstić information content (AvgIpc) is 2.74. The van der Waals surface area contributed by atoms with Gasteiger partial charge in [0.1, 0.15) is 0 Å². The molecule has 162 valence electrons. The minimum atomic E-state index is -3.60. The molecule has 1 aliphatic heterocycles. The first-order valence-electron chi connectivity index (χ1n) is 10.7. The standard InChI is InChI=1S/C24H32N2O3S/c1-18-11-12-19(2)23(16-18)30(28,29)26-15-7-10-22(17-26)24(27)25-20(3)13-14-21-8-5-4-6-9-21/h4-6,8-9,11-12,16,20,22H,7,10,13-15,17H2,1-3H3,(H,25,27)/t20-,22-/m1/s1. The summed E-state index contributed by atoms with van der Waals surface area (Å²) in [5.74, 6) is -0.353. The van der Waals surface area contributed by atoms with E-state index in [1.54, 1.807) is 6.07 Å². The van der Waals surface area contributed by atoms with Crippen LogP contribution >= 0.6 is 0 Å². The number of hydrogen-bond acceptors (Lipinski definition) is 3. The van der Waals surface area contributed by atoms with Gasteiger partial charge in [-0.3, -0.25) is 4.79 Å². The number of piperidine rings is 1. The molecule has 1 aliphatic rings. The SMILES string of the molecule is Cc1ccc(C)c(S(=O)(=O)N2CCC[C@@H](C(=O)N[C@H](C)CCc3ccccc3)C2)c1. The monoisotopic (exact) mass is 428 g/mol. The van der Waals surface area contributed by atoms with Gasteiger partial charge in [-0.15, -0.1) is 0 Å². The summed E-state index contributed by atoms with van der Waals surface area (Å²) in [6.07, 6.45) is 3.17. The molecule has 30 heavy (non-hydrogen) atoms. The Hall–Kier alpha value is -2.18.